The number of nitrogens with two attached hydrogens (primary N) is 1. The Balaban J connectivity index is 2.79. The zero-order valence-electron chi connectivity index (χ0n) is 11.6. The molecule has 9 heteroatoms. The molecule has 0 saturated carbocycles. The average molecular weight is 291 g/mol. The maximum atomic E-state index is 12.0. The van der Waals surface area contributed by atoms with Crippen LogP contribution in [0, 0.1) is 0 Å². The lowest BCUT2D eigenvalue weighted by atomic mass is 10.1. The summed E-state index contributed by atoms with van der Waals surface area (Å²) in [6.07, 6.45) is 1.32. The highest BCUT2D eigenvalue weighted by Crippen LogP contribution is 2.15. The minimum Gasteiger partial charge on any atom is -0.387 e. The third-order valence-electron chi connectivity index (χ3n) is 2.41. The Morgan fingerprint density at radius 1 is 1.58 bits per heavy atom. The van der Waals surface area contributed by atoms with E-state index in [0.29, 0.717) is 6.54 Å². The third kappa shape index (κ3) is 4.46. The minimum atomic E-state index is -3.78. The van der Waals surface area contributed by atoms with Gasteiger partial charge in [-0.25, -0.2) is 13.1 Å². The first kappa shape index (κ1) is 15.9. The van der Waals surface area contributed by atoms with Gasteiger partial charge in [-0.3, -0.25) is 4.68 Å². The number of hydrogen-bond acceptors (Lipinski definition) is 6. The predicted molar refractivity (Wildman–Crippen MR) is 72.0 cm³/mol. The maximum absolute atomic E-state index is 12.0. The lowest BCUT2D eigenvalue weighted by molar-refractivity contribution is 0.0386. The van der Waals surface area contributed by atoms with Gasteiger partial charge < -0.3 is 15.7 Å². The molecule has 19 heavy (non-hydrogen) atoms. The maximum Gasteiger partial charge on any atom is 0.245 e. The van der Waals surface area contributed by atoms with Crippen LogP contribution in [0.25, 0.3) is 0 Å². The molecule has 1 heterocycles. The quantitative estimate of drug-likeness (QED) is 0.593. The van der Waals surface area contributed by atoms with Gasteiger partial charge in [0.15, 0.2) is 5.82 Å². The highest BCUT2D eigenvalue weighted by molar-refractivity contribution is 7.89. The van der Waals surface area contributed by atoms with Crippen molar-refractivity contribution in [2.75, 3.05) is 32.9 Å². The predicted octanol–water partition coefficient (Wildman–Crippen LogP) is -1.41. The summed E-state index contributed by atoms with van der Waals surface area (Å²) in [6, 6.07) is 0. The molecule has 0 radical (unpaired) electrons. The van der Waals surface area contributed by atoms with Gasteiger partial charge in [-0.2, -0.15) is 5.10 Å². The van der Waals surface area contributed by atoms with Gasteiger partial charge in [0, 0.05) is 26.3 Å². The summed E-state index contributed by atoms with van der Waals surface area (Å²) < 4.78 is 27.7. The van der Waals surface area contributed by atoms with Crippen LogP contribution in [0.3, 0.4) is 0 Å². The van der Waals surface area contributed by atoms with E-state index in [1.807, 2.05) is 0 Å². The second-order valence-corrected chi connectivity index (χ2v) is 6.85. The third-order valence-corrected chi connectivity index (χ3v) is 3.83. The molecule has 1 atom stereocenters. The van der Waals surface area contributed by atoms with E-state index in [1.54, 1.807) is 33.0 Å². The number of aromatic nitrogens is 2. The molecule has 1 rings (SSSR count). The zero-order chi connectivity index (χ0) is 14.8. The molecule has 0 aromatic carbocycles. The van der Waals surface area contributed by atoms with Crippen LogP contribution in [0.2, 0.25) is 0 Å². The van der Waals surface area contributed by atoms with E-state index in [4.69, 9.17) is 5.73 Å². The largest absolute Gasteiger partial charge is 0.387 e. The first-order valence-electron chi connectivity index (χ1n) is 5.69. The number of aliphatic hydroxyl groups is 1. The average Bonchev–Trinajstić information content (AvgIpc) is 2.54. The summed E-state index contributed by atoms with van der Waals surface area (Å²) in [6.45, 7) is 1.78. The Hall–Kier alpha value is -1.16. The fourth-order valence-corrected chi connectivity index (χ4v) is 3.02. The number of aryl methyl sites for hydroxylation is 1. The van der Waals surface area contributed by atoms with Gasteiger partial charge in [-0.15, -0.1) is 0 Å². The smallest absolute Gasteiger partial charge is 0.245 e. The summed E-state index contributed by atoms with van der Waals surface area (Å²) in [7, 11) is 1.39. The van der Waals surface area contributed by atoms with Crippen LogP contribution in [0.15, 0.2) is 11.1 Å². The van der Waals surface area contributed by atoms with E-state index in [2.05, 4.69) is 9.82 Å². The van der Waals surface area contributed by atoms with Crippen molar-refractivity contribution < 1.29 is 13.5 Å². The molecule has 0 saturated heterocycles. The molecule has 0 fully saturated rings. The van der Waals surface area contributed by atoms with E-state index >= 15 is 0 Å². The molecular formula is C10H21N5O3S. The Morgan fingerprint density at radius 2 is 2.16 bits per heavy atom. The van der Waals surface area contributed by atoms with E-state index in [-0.39, 0.29) is 17.3 Å². The Morgan fingerprint density at radius 3 is 2.58 bits per heavy atom. The van der Waals surface area contributed by atoms with Gasteiger partial charge in [-0.05, 0) is 21.0 Å². The van der Waals surface area contributed by atoms with E-state index < -0.39 is 15.6 Å². The molecule has 110 valence electrons. The number of nitrogen functional groups attached to an aromatic ring is 1. The number of likely N-dealkylation sites (N-methyl/N-ethyl adjacent to an activating group) is 1. The molecule has 4 N–H and O–H groups in total. The fraction of sp³-hybridized carbons (Fsp3) is 0.700. The standard InChI is InChI=1S/C10H21N5O3S/c1-10(16,7-14(2)3)6-12-19(17,18)8-5-15(4)13-9(8)11/h5,12,16H,6-7H2,1-4H3,(H2,11,13). The molecule has 0 aliphatic heterocycles. The van der Waals surface area contributed by atoms with Crippen molar-refractivity contribution in [3.8, 4) is 0 Å². The summed E-state index contributed by atoms with van der Waals surface area (Å²) in [5.41, 5.74) is 4.35. The molecule has 0 aliphatic rings. The monoisotopic (exact) mass is 291 g/mol. The van der Waals surface area contributed by atoms with Crippen LogP contribution in [-0.2, 0) is 17.1 Å². The van der Waals surface area contributed by atoms with Crippen molar-refractivity contribution in [2.24, 2.45) is 7.05 Å². The Bertz CT molecular complexity index is 535. The summed E-state index contributed by atoms with van der Waals surface area (Å²) in [5.74, 6) is -0.0674. The van der Waals surface area contributed by atoms with Gasteiger partial charge in [0.25, 0.3) is 0 Å². The van der Waals surface area contributed by atoms with Crippen LogP contribution in [0.4, 0.5) is 5.82 Å². The SMILES string of the molecule is CN(C)CC(C)(O)CNS(=O)(=O)c1cn(C)nc1N. The number of hydrogen-bond donors (Lipinski definition) is 3. The van der Waals surface area contributed by atoms with Crippen molar-refractivity contribution in [1.82, 2.24) is 19.4 Å². The zero-order valence-corrected chi connectivity index (χ0v) is 12.4. The number of sulfonamides is 1. The molecule has 1 aromatic heterocycles. The highest BCUT2D eigenvalue weighted by Gasteiger charge is 2.27. The van der Waals surface area contributed by atoms with Gasteiger partial charge in [-0.1, -0.05) is 0 Å². The van der Waals surface area contributed by atoms with Gasteiger partial charge in [0.05, 0.1) is 5.60 Å². The molecule has 0 amide bonds. The molecule has 0 spiro atoms. The first-order valence-corrected chi connectivity index (χ1v) is 7.18. The summed E-state index contributed by atoms with van der Waals surface area (Å²) in [4.78, 5) is 1.68. The first-order chi connectivity index (χ1) is 8.53. The van der Waals surface area contributed by atoms with Gasteiger partial charge in [0.2, 0.25) is 10.0 Å². The van der Waals surface area contributed by atoms with Crippen molar-refractivity contribution in [3.05, 3.63) is 6.20 Å². The molecule has 0 bridgehead atoms. The number of nitrogens with one attached hydrogen (secondary N) is 1. The topological polar surface area (TPSA) is 113 Å². The van der Waals surface area contributed by atoms with Crippen molar-refractivity contribution in [3.63, 3.8) is 0 Å². The van der Waals surface area contributed by atoms with Crippen LogP contribution >= 0.6 is 0 Å². The second kappa shape index (κ2) is 5.45. The molecule has 8 nitrogen and oxygen atoms in total. The van der Waals surface area contributed by atoms with Gasteiger partial charge >= 0.3 is 0 Å². The van der Waals surface area contributed by atoms with Crippen LogP contribution in [0.5, 0.6) is 0 Å². The van der Waals surface area contributed by atoms with Crippen LogP contribution in [-0.4, -0.2) is 61.0 Å². The minimum absolute atomic E-state index is 0.0674. The highest BCUT2D eigenvalue weighted by atomic mass is 32.2. The van der Waals surface area contributed by atoms with E-state index in [0.717, 1.165) is 0 Å². The van der Waals surface area contributed by atoms with Gasteiger partial charge in [0.1, 0.15) is 4.90 Å². The summed E-state index contributed by atoms with van der Waals surface area (Å²) in [5, 5.41) is 13.8. The fourth-order valence-electron chi connectivity index (χ4n) is 1.76. The number of rotatable bonds is 6. The van der Waals surface area contributed by atoms with Crippen LogP contribution in [0.1, 0.15) is 6.92 Å². The lowest BCUT2D eigenvalue weighted by Crippen LogP contribution is -2.47. The number of nitrogens with zero attached hydrogens (tertiary/aromatic N) is 3. The van der Waals surface area contributed by atoms with E-state index in [9.17, 15) is 13.5 Å². The Labute approximate surface area is 113 Å². The molecule has 0 aliphatic carbocycles. The molecular weight excluding hydrogens is 270 g/mol. The van der Waals surface area contributed by atoms with Crippen molar-refractivity contribution in [2.45, 2.75) is 17.4 Å². The van der Waals surface area contributed by atoms with Crippen molar-refractivity contribution in [1.29, 1.82) is 0 Å². The molecule has 1 unspecified atom stereocenters. The second-order valence-electron chi connectivity index (χ2n) is 5.11. The normalized spacial score (nSPS) is 15.7. The lowest BCUT2D eigenvalue weighted by Gasteiger charge is -2.26. The Kier molecular flexibility index (Phi) is 4.56. The van der Waals surface area contributed by atoms with E-state index in [1.165, 1.54) is 10.9 Å². The number of anilines is 1. The molecule has 1 aromatic rings. The van der Waals surface area contributed by atoms with Crippen LogP contribution < -0.4 is 10.5 Å². The van der Waals surface area contributed by atoms with Crippen molar-refractivity contribution >= 4 is 15.8 Å². The summed E-state index contributed by atoms with van der Waals surface area (Å²) >= 11 is 0.